The van der Waals surface area contributed by atoms with E-state index in [1.165, 1.54) is 0 Å². The molecule has 0 bridgehead atoms. The predicted molar refractivity (Wildman–Crippen MR) is 79.5 cm³/mol. The van der Waals surface area contributed by atoms with Gasteiger partial charge in [-0.05, 0) is 46.6 Å². The molecule has 0 spiro atoms. The van der Waals surface area contributed by atoms with Gasteiger partial charge in [-0.2, -0.15) is 0 Å². The summed E-state index contributed by atoms with van der Waals surface area (Å²) in [5.74, 6) is 0.882. The standard InChI is InChI=1S/C13H12BrCl2NO/c1-2-9(11-4-3-7-18-11)17-10-6-5-8(14)12(15)13(10)16/h3-7,9,17H,2H2,1H3. The van der Waals surface area contributed by atoms with Crippen LogP contribution in [0.15, 0.2) is 39.4 Å². The predicted octanol–water partition coefficient (Wildman–Crippen LogP) is 5.91. The number of halogens is 3. The van der Waals surface area contributed by atoms with Crippen LogP contribution < -0.4 is 5.32 Å². The molecule has 2 aromatic rings. The molecule has 0 saturated heterocycles. The van der Waals surface area contributed by atoms with Crippen molar-refractivity contribution in [2.24, 2.45) is 0 Å². The molecule has 0 saturated carbocycles. The lowest BCUT2D eigenvalue weighted by Gasteiger charge is -2.17. The Bertz CT molecular complexity index is 528. The van der Waals surface area contributed by atoms with Crippen molar-refractivity contribution in [3.05, 3.63) is 50.8 Å². The highest BCUT2D eigenvalue weighted by Gasteiger charge is 2.15. The quantitative estimate of drug-likeness (QED) is 0.694. The lowest BCUT2D eigenvalue weighted by atomic mass is 10.1. The Morgan fingerprint density at radius 3 is 2.67 bits per heavy atom. The topological polar surface area (TPSA) is 25.2 Å². The Balaban J connectivity index is 2.26. The number of benzene rings is 1. The molecular weight excluding hydrogens is 337 g/mol. The zero-order chi connectivity index (χ0) is 13.1. The van der Waals surface area contributed by atoms with Crippen LogP contribution in [-0.2, 0) is 0 Å². The molecule has 1 aromatic carbocycles. The minimum Gasteiger partial charge on any atom is -0.467 e. The van der Waals surface area contributed by atoms with Gasteiger partial charge in [0, 0.05) is 4.47 Å². The number of furan rings is 1. The van der Waals surface area contributed by atoms with Crippen LogP contribution in [0.5, 0.6) is 0 Å². The van der Waals surface area contributed by atoms with Gasteiger partial charge in [0.2, 0.25) is 0 Å². The van der Waals surface area contributed by atoms with Crippen molar-refractivity contribution in [1.82, 2.24) is 0 Å². The maximum Gasteiger partial charge on any atom is 0.125 e. The third-order valence-electron chi connectivity index (χ3n) is 2.66. The third-order valence-corrected chi connectivity index (χ3v) is 4.43. The van der Waals surface area contributed by atoms with E-state index in [4.69, 9.17) is 27.6 Å². The van der Waals surface area contributed by atoms with Crippen LogP contribution in [0.1, 0.15) is 25.1 Å². The van der Waals surface area contributed by atoms with E-state index >= 15 is 0 Å². The molecule has 0 aliphatic heterocycles. The highest BCUT2D eigenvalue weighted by atomic mass is 79.9. The molecule has 0 fully saturated rings. The van der Waals surface area contributed by atoms with Crippen LogP contribution in [0.4, 0.5) is 5.69 Å². The van der Waals surface area contributed by atoms with Crippen molar-refractivity contribution in [3.8, 4) is 0 Å². The number of nitrogens with one attached hydrogen (secondary N) is 1. The summed E-state index contributed by atoms with van der Waals surface area (Å²) in [6.07, 6.45) is 2.55. The molecule has 0 aliphatic carbocycles. The van der Waals surface area contributed by atoms with E-state index in [0.29, 0.717) is 10.0 Å². The van der Waals surface area contributed by atoms with Gasteiger partial charge in [0.05, 0.1) is 28.0 Å². The first kappa shape index (κ1) is 13.8. The largest absolute Gasteiger partial charge is 0.467 e. The van der Waals surface area contributed by atoms with Crippen molar-refractivity contribution >= 4 is 44.8 Å². The van der Waals surface area contributed by atoms with E-state index in [1.807, 2.05) is 24.3 Å². The van der Waals surface area contributed by atoms with E-state index in [1.54, 1.807) is 6.26 Å². The summed E-state index contributed by atoms with van der Waals surface area (Å²) in [7, 11) is 0. The average molecular weight is 349 g/mol. The molecule has 2 rings (SSSR count). The van der Waals surface area contributed by atoms with Crippen molar-refractivity contribution in [2.45, 2.75) is 19.4 Å². The Labute approximate surface area is 124 Å². The van der Waals surface area contributed by atoms with E-state index in [0.717, 1.165) is 22.3 Å². The molecule has 1 N–H and O–H groups in total. The third kappa shape index (κ3) is 2.85. The summed E-state index contributed by atoms with van der Waals surface area (Å²) < 4.78 is 6.19. The summed E-state index contributed by atoms with van der Waals surface area (Å²) in [6.45, 7) is 2.08. The first-order valence-electron chi connectivity index (χ1n) is 5.57. The highest BCUT2D eigenvalue weighted by Crippen LogP contribution is 2.37. The number of hydrogen-bond donors (Lipinski definition) is 1. The second-order valence-electron chi connectivity index (χ2n) is 3.84. The SMILES string of the molecule is CCC(Nc1ccc(Br)c(Cl)c1Cl)c1ccco1. The van der Waals surface area contributed by atoms with Crippen molar-refractivity contribution in [1.29, 1.82) is 0 Å². The van der Waals surface area contributed by atoms with Crippen LogP contribution in [0.25, 0.3) is 0 Å². The van der Waals surface area contributed by atoms with Crippen LogP contribution >= 0.6 is 39.1 Å². The molecule has 96 valence electrons. The van der Waals surface area contributed by atoms with Crippen LogP contribution in [0.3, 0.4) is 0 Å². The van der Waals surface area contributed by atoms with Crippen molar-refractivity contribution in [2.75, 3.05) is 5.32 Å². The molecule has 5 heteroatoms. The van der Waals surface area contributed by atoms with Crippen molar-refractivity contribution < 1.29 is 4.42 Å². The first-order valence-corrected chi connectivity index (χ1v) is 7.11. The molecule has 2 nitrogen and oxygen atoms in total. The molecule has 1 heterocycles. The van der Waals surface area contributed by atoms with Crippen LogP contribution in [0, 0.1) is 0 Å². The molecule has 0 radical (unpaired) electrons. The molecule has 1 unspecified atom stereocenters. The molecule has 1 atom stereocenters. The van der Waals surface area contributed by atoms with Gasteiger partial charge in [0.25, 0.3) is 0 Å². The Morgan fingerprint density at radius 2 is 2.06 bits per heavy atom. The monoisotopic (exact) mass is 347 g/mol. The van der Waals surface area contributed by atoms with Gasteiger partial charge < -0.3 is 9.73 Å². The summed E-state index contributed by atoms with van der Waals surface area (Å²) in [5.41, 5.74) is 0.799. The van der Waals surface area contributed by atoms with Gasteiger partial charge in [-0.25, -0.2) is 0 Å². The van der Waals surface area contributed by atoms with Crippen molar-refractivity contribution in [3.63, 3.8) is 0 Å². The fraction of sp³-hybridized carbons (Fsp3) is 0.231. The Morgan fingerprint density at radius 1 is 1.28 bits per heavy atom. The number of rotatable bonds is 4. The van der Waals surface area contributed by atoms with Gasteiger partial charge >= 0.3 is 0 Å². The summed E-state index contributed by atoms with van der Waals surface area (Å²) in [4.78, 5) is 0. The molecular formula is C13H12BrCl2NO. The molecule has 0 aliphatic rings. The van der Waals surface area contributed by atoms with Crippen LogP contribution in [0.2, 0.25) is 10.0 Å². The Kier molecular flexibility index (Phi) is 4.60. The number of anilines is 1. The maximum absolute atomic E-state index is 6.21. The van der Waals surface area contributed by atoms with Gasteiger partial charge in [0.15, 0.2) is 0 Å². The van der Waals surface area contributed by atoms with E-state index in [2.05, 4.69) is 28.2 Å². The summed E-state index contributed by atoms with van der Waals surface area (Å²) >= 11 is 15.6. The lowest BCUT2D eigenvalue weighted by molar-refractivity contribution is 0.474. The van der Waals surface area contributed by atoms with E-state index in [9.17, 15) is 0 Å². The van der Waals surface area contributed by atoms with Gasteiger partial charge in [-0.3, -0.25) is 0 Å². The maximum atomic E-state index is 6.21. The average Bonchev–Trinajstić information content (AvgIpc) is 2.89. The molecule has 1 aromatic heterocycles. The molecule has 18 heavy (non-hydrogen) atoms. The zero-order valence-electron chi connectivity index (χ0n) is 9.71. The smallest absolute Gasteiger partial charge is 0.125 e. The fourth-order valence-electron chi connectivity index (χ4n) is 1.69. The fourth-order valence-corrected chi connectivity index (χ4v) is 2.52. The lowest BCUT2D eigenvalue weighted by Crippen LogP contribution is -2.09. The molecule has 0 amide bonds. The highest BCUT2D eigenvalue weighted by molar-refractivity contribution is 9.10. The Hall–Kier alpha value is -0.640. The van der Waals surface area contributed by atoms with Gasteiger partial charge in [-0.15, -0.1) is 0 Å². The summed E-state index contributed by atoms with van der Waals surface area (Å²) in [5, 5.41) is 4.36. The normalized spacial score (nSPS) is 12.4. The second kappa shape index (κ2) is 6.00. The van der Waals surface area contributed by atoms with Gasteiger partial charge in [0.1, 0.15) is 5.76 Å². The van der Waals surface area contributed by atoms with Gasteiger partial charge in [-0.1, -0.05) is 30.1 Å². The minimum atomic E-state index is 0.0785. The second-order valence-corrected chi connectivity index (χ2v) is 5.45. The van der Waals surface area contributed by atoms with E-state index < -0.39 is 0 Å². The first-order chi connectivity index (χ1) is 8.63. The number of hydrogen-bond acceptors (Lipinski definition) is 2. The van der Waals surface area contributed by atoms with E-state index in [-0.39, 0.29) is 6.04 Å². The zero-order valence-corrected chi connectivity index (χ0v) is 12.8. The minimum absolute atomic E-state index is 0.0785. The summed E-state index contributed by atoms with van der Waals surface area (Å²) in [6, 6.07) is 7.65. The van der Waals surface area contributed by atoms with Crippen LogP contribution in [-0.4, -0.2) is 0 Å².